The van der Waals surface area contributed by atoms with E-state index < -0.39 is 24.0 Å². The Bertz CT molecular complexity index is 999. The van der Waals surface area contributed by atoms with E-state index >= 15 is 0 Å². The third-order valence-electron chi connectivity index (χ3n) is 5.08. The van der Waals surface area contributed by atoms with Gasteiger partial charge in [0.05, 0.1) is 23.4 Å². The second-order valence-electron chi connectivity index (χ2n) is 7.02. The van der Waals surface area contributed by atoms with Crippen molar-refractivity contribution >= 4 is 22.8 Å². The van der Waals surface area contributed by atoms with E-state index in [1.54, 1.807) is 23.7 Å². The molecule has 28 heavy (non-hydrogen) atoms. The topological polar surface area (TPSA) is 114 Å². The maximum Gasteiger partial charge on any atom is 0.306 e. The summed E-state index contributed by atoms with van der Waals surface area (Å²) in [5.74, 6) is -0.567. The number of aryl methyl sites for hydroxylation is 2. The Morgan fingerprint density at radius 1 is 1.32 bits per heavy atom. The van der Waals surface area contributed by atoms with Crippen LogP contribution in [0.5, 0.6) is 0 Å². The molecule has 3 rings (SSSR count). The number of nitrogens with one attached hydrogen (secondary N) is 1. The minimum absolute atomic E-state index is 0.00467. The SMILES string of the molecule is Cn1c(CCC(=O)OCC(=O)NC2(C#N)CCCC2)nc(=O)c2ccccc21. The molecule has 1 aromatic heterocycles. The molecule has 146 valence electrons. The number of hydrogen-bond acceptors (Lipinski definition) is 6. The molecule has 0 unspecified atom stereocenters. The third-order valence-corrected chi connectivity index (χ3v) is 5.08. The molecule has 0 radical (unpaired) electrons. The minimum atomic E-state index is -0.837. The Kier molecular flexibility index (Phi) is 5.73. The van der Waals surface area contributed by atoms with E-state index in [0.29, 0.717) is 24.1 Å². The Morgan fingerprint density at radius 3 is 2.75 bits per heavy atom. The molecule has 0 atom stereocenters. The number of carbonyl (C=O) groups excluding carboxylic acids is 2. The van der Waals surface area contributed by atoms with Crippen LogP contribution < -0.4 is 10.9 Å². The minimum Gasteiger partial charge on any atom is -0.456 e. The highest BCUT2D eigenvalue weighted by molar-refractivity contribution is 5.81. The molecule has 1 heterocycles. The van der Waals surface area contributed by atoms with Gasteiger partial charge in [0.2, 0.25) is 0 Å². The first-order chi connectivity index (χ1) is 13.4. The number of ether oxygens (including phenoxy) is 1. The van der Waals surface area contributed by atoms with Gasteiger partial charge in [0.15, 0.2) is 6.61 Å². The van der Waals surface area contributed by atoms with Crippen molar-refractivity contribution in [3.05, 3.63) is 40.4 Å². The fraction of sp³-hybridized carbons (Fsp3) is 0.450. The van der Waals surface area contributed by atoms with E-state index in [0.717, 1.165) is 18.4 Å². The van der Waals surface area contributed by atoms with Crippen LogP contribution in [0, 0.1) is 11.3 Å². The number of carbonyl (C=O) groups is 2. The molecule has 0 spiro atoms. The van der Waals surface area contributed by atoms with Crippen LogP contribution in [-0.2, 0) is 27.8 Å². The summed E-state index contributed by atoms with van der Waals surface area (Å²) >= 11 is 0. The van der Waals surface area contributed by atoms with Crippen LogP contribution in [0.3, 0.4) is 0 Å². The number of hydrogen-bond donors (Lipinski definition) is 1. The van der Waals surface area contributed by atoms with Crippen LogP contribution in [0.2, 0.25) is 0 Å². The van der Waals surface area contributed by atoms with E-state index in [1.807, 2.05) is 12.1 Å². The molecule has 1 N–H and O–H groups in total. The van der Waals surface area contributed by atoms with Crippen LogP contribution in [0.4, 0.5) is 0 Å². The largest absolute Gasteiger partial charge is 0.456 e. The molecule has 1 aliphatic carbocycles. The second kappa shape index (κ2) is 8.21. The summed E-state index contributed by atoms with van der Waals surface area (Å²) < 4.78 is 6.78. The summed E-state index contributed by atoms with van der Waals surface area (Å²) in [5, 5.41) is 12.5. The first kappa shape index (κ1) is 19.5. The number of para-hydroxylation sites is 1. The summed E-state index contributed by atoms with van der Waals surface area (Å²) in [7, 11) is 1.78. The zero-order chi connectivity index (χ0) is 20.1. The highest BCUT2D eigenvalue weighted by Crippen LogP contribution is 2.28. The number of fused-ring (bicyclic) bond motifs is 1. The van der Waals surface area contributed by atoms with Crippen molar-refractivity contribution in [3.63, 3.8) is 0 Å². The normalized spacial score (nSPS) is 15.1. The van der Waals surface area contributed by atoms with Crippen LogP contribution in [-0.4, -0.2) is 33.6 Å². The quantitative estimate of drug-likeness (QED) is 0.755. The van der Waals surface area contributed by atoms with Gasteiger partial charge in [0.1, 0.15) is 11.4 Å². The molecule has 0 saturated heterocycles. The summed E-state index contributed by atoms with van der Waals surface area (Å²) in [4.78, 5) is 40.1. The molecule has 1 amide bonds. The fourth-order valence-electron chi connectivity index (χ4n) is 3.54. The predicted octanol–water partition coefficient (Wildman–Crippen LogP) is 1.36. The maximum atomic E-state index is 12.1. The molecule has 1 saturated carbocycles. The Balaban J connectivity index is 1.54. The highest BCUT2D eigenvalue weighted by Gasteiger charge is 2.35. The Hall–Kier alpha value is -3.21. The van der Waals surface area contributed by atoms with Gasteiger partial charge in [-0.15, -0.1) is 0 Å². The summed E-state index contributed by atoms with van der Waals surface area (Å²) in [6.45, 7) is -0.424. The Labute approximate surface area is 162 Å². The average Bonchev–Trinajstić information content (AvgIpc) is 3.17. The van der Waals surface area contributed by atoms with Crippen molar-refractivity contribution < 1.29 is 14.3 Å². The van der Waals surface area contributed by atoms with Crippen molar-refractivity contribution in [2.75, 3.05) is 6.61 Å². The zero-order valence-electron chi connectivity index (χ0n) is 15.7. The monoisotopic (exact) mass is 382 g/mol. The molecule has 8 nitrogen and oxygen atoms in total. The van der Waals surface area contributed by atoms with Crippen molar-refractivity contribution in [2.45, 2.75) is 44.1 Å². The van der Waals surface area contributed by atoms with Crippen molar-refractivity contribution in [1.29, 1.82) is 5.26 Å². The van der Waals surface area contributed by atoms with Gasteiger partial charge in [0, 0.05) is 13.5 Å². The zero-order valence-corrected chi connectivity index (χ0v) is 15.7. The predicted molar refractivity (Wildman–Crippen MR) is 101 cm³/mol. The van der Waals surface area contributed by atoms with E-state index in [9.17, 15) is 19.6 Å². The third kappa shape index (κ3) is 4.19. The molecule has 1 aliphatic rings. The molecule has 0 aliphatic heterocycles. The lowest BCUT2D eigenvalue weighted by Crippen LogP contribution is -2.46. The molecule has 0 bridgehead atoms. The van der Waals surface area contributed by atoms with Crippen LogP contribution >= 0.6 is 0 Å². The number of amides is 1. The first-order valence-electron chi connectivity index (χ1n) is 9.27. The van der Waals surface area contributed by atoms with Crippen molar-refractivity contribution in [1.82, 2.24) is 14.9 Å². The second-order valence-corrected chi connectivity index (χ2v) is 7.02. The van der Waals surface area contributed by atoms with Gasteiger partial charge >= 0.3 is 5.97 Å². The van der Waals surface area contributed by atoms with Gasteiger partial charge in [-0.3, -0.25) is 14.4 Å². The molecule has 1 fully saturated rings. The number of nitriles is 1. The van der Waals surface area contributed by atoms with Crippen LogP contribution in [0.25, 0.3) is 10.9 Å². The molecule has 1 aromatic carbocycles. The smallest absolute Gasteiger partial charge is 0.306 e. The van der Waals surface area contributed by atoms with E-state index in [1.165, 1.54) is 0 Å². The first-order valence-corrected chi connectivity index (χ1v) is 9.27. The van der Waals surface area contributed by atoms with Gasteiger partial charge in [-0.1, -0.05) is 12.1 Å². The van der Waals surface area contributed by atoms with E-state index in [4.69, 9.17) is 4.74 Å². The number of nitrogens with zero attached hydrogens (tertiary/aromatic N) is 3. The summed E-state index contributed by atoms with van der Waals surface area (Å²) in [6, 6.07) is 9.29. The molecular formula is C20H22N4O4. The molecule has 2 aromatic rings. The Morgan fingerprint density at radius 2 is 2.04 bits per heavy atom. The lowest BCUT2D eigenvalue weighted by atomic mass is 10.00. The van der Waals surface area contributed by atoms with Gasteiger partial charge in [-0.25, -0.2) is 0 Å². The van der Waals surface area contributed by atoms with Crippen molar-refractivity contribution in [3.8, 4) is 6.07 Å². The lowest BCUT2D eigenvalue weighted by Gasteiger charge is -2.21. The van der Waals surface area contributed by atoms with E-state index in [-0.39, 0.29) is 18.4 Å². The maximum absolute atomic E-state index is 12.1. The summed E-state index contributed by atoms with van der Waals surface area (Å²) in [6.07, 6.45) is 3.24. The van der Waals surface area contributed by atoms with Gasteiger partial charge in [0.25, 0.3) is 11.5 Å². The summed E-state index contributed by atoms with van der Waals surface area (Å²) in [5.41, 5.74) is -0.435. The molecule has 8 heteroatoms. The number of aromatic nitrogens is 2. The molecular weight excluding hydrogens is 360 g/mol. The van der Waals surface area contributed by atoms with E-state index in [2.05, 4.69) is 16.4 Å². The number of benzene rings is 1. The number of rotatable bonds is 6. The lowest BCUT2D eigenvalue weighted by molar-refractivity contribution is -0.148. The number of esters is 1. The van der Waals surface area contributed by atoms with Gasteiger partial charge in [-0.2, -0.15) is 10.2 Å². The van der Waals surface area contributed by atoms with Crippen LogP contribution in [0.1, 0.15) is 37.9 Å². The van der Waals surface area contributed by atoms with Gasteiger partial charge < -0.3 is 14.6 Å². The van der Waals surface area contributed by atoms with Crippen molar-refractivity contribution in [2.24, 2.45) is 7.05 Å². The highest BCUT2D eigenvalue weighted by atomic mass is 16.5. The van der Waals surface area contributed by atoms with Crippen LogP contribution in [0.15, 0.2) is 29.1 Å². The average molecular weight is 382 g/mol. The fourth-order valence-corrected chi connectivity index (χ4v) is 3.54. The standard InChI is InChI=1S/C20H22N4O4/c1-24-15-7-3-2-6-14(15)19(27)22-16(24)8-9-18(26)28-12-17(25)23-20(13-21)10-4-5-11-20/h2-3,6-7H,4-5,8-12H2,1H3,(H,23,25). The van der Waals surface area contributed by atoms with Gasteiger partial charge in [-0.05, 0) is 37.8 Å².